The summed E-state index contributed by atoms with van der Waals surface area (Å²) in [6, 6.07) is 0. The maximum atomic E-state index is 9.09. The number of rotatable bonds is 8. The van der Waals surface area contributed by atoms with E-state index < -0.39 is 5.24 Å². The van der Waals surface area contributed by atoms with Gasteiger partial charge in [-0.1, -0.05) is 46.2 Å². The number of hydrogen-bond donors (Lipinski definition) is 2. The molecule has 0 aliphatic carbocycles. The molecule has 1 amide bonds. The molecule has 0 aromatic rings. The molecule has 6 heteroatoms. The van der Waals surface area contributed by atoms with E-state index >= 15 is 0 Å². The van der Waals surface area contributed by atoms with E-state index in [1.807, 2.05) is 0 Å². The minimum atomic E-state index is -0.639. The summed E-state index contributed by atoms with van der Waals surface area (Å²) in [4.78, 5) is 11.3. The Labute approximate surface area is 128 Å². The van der Waals surface area contributed by atoms with Crippen molar-refractivity contribution in [1.82, 2.24) is 4.90 Å². The molecule has 4 nitrogen and oxygen atoms in total. The van der Waals surface area contributed by atoms with E-state index in [0.717, 1.165) is 26.1 Å². The number of amides is 1. The summed E-state index contributed by atoms with van der Waals surface area (Å²) in [7, 11) is 0. The Balaban J connectivity index is 0. The zero-order chi connectivity index (χ0) is 15.1. The molecule has 0 aromatic carbocycles. The van der Waals surface area contributed by atoms with Gasteiger partial charge in [0.1, 0.15) is 0 Å². The predicted octanol–water partition coefficient (Wildman–Crippen LogP) is 3.60. The van der Waals surface area contributed by atoms with Gasteiger partial charge in [-0.25, -0.2) is 0 Å². The molecule has 0 atom stereocenters. The van der Waals surface area contributed by atoms with Crippen molar-refractivity contribution in [2.45, 2.75) is 52.9 Å². The van der Waals surface area contributed by atoms with Crippen LogP contribution in [0.4, 0.5) is 4.79 Å². The Hall–Kier alpha value is -0.490. The standard InChI is InChI=1S/C12H25NOS.CH3NOS/c1-4-7-9-13(10-8-5-2)12(15)14-11-6-3;2-1(3)4/h4-11H2,1-3H3;(H3,2,3,4). The highest BCUT2D eigenvalue weighted by Gasteiger charge is 2.08. The van der Waals surface area contributed by atoms with E-state index in [1.54, 1.807) is 0 Å². The zero-order valence-corrected chi connectivity index (χ0v) is 14.1. The van der Waals surface area contributed by atoms with Crippen LogP contribution in [0.1, 0.15) is 52.9 Å². The van der Waals surface area contributed by atoms with Crippen LogP contribution in [0.5, 0.6) is 0 Å². The summed E-state index contributed by atoms with van der Waals surface area (Å²) in [5, 5.41) is 0.0544. The van der Waals surface area contributed by atoms with Gasteiger partial charge in [-0.15, -0.1) is 0 Å². The van der Waals surface area contributed by atoms with Crippen LogP contribution in [-0.2, 0) is 4.74 Å². The molecule has 0 spiro atoms. The average molecular weight is 309 g/mol. The summed E-state index contributed by atoms with van der Waals surface area (Å²) in [6.45, 7) is 9.33. The molecule has 0 fully saturated rings. The molecule has 0 saturated carbocycles. The van der Waals surface area contributed by atoms with Crippen molar-refractivity contribution in [3.8, 4) is 0 Å². The number of nitrogens with two attached hydrogens (primary N) is 1. The first-order valence-electron chi connectivity index (χ1n) is 6.89. The van der Waals surface area contributed by atoms with Gasteiger partial charge in [0, 0.05) is 13.1 Å². The first-order chi connectivity index (χ1) is 8.99. The minimum absolute atomic E-state index is 0.639. The van der Waals surface area contributed by atoms with Crippen molar-refractivity contribution < 1.29 is 9.53 Å². The van der Waals surface area contributed by atoms with Crippen LogP contribution in [0.15, 0.2) is 0 Å². The molecular weight excluding hydrogens is 280 g/mol. The number of unbranched alkanes of at least 4 members (excludes halogenated alkanes) is 2. The SMILES string of the molecule is CCCCN(CCCC)C(=S)OCCC.NC(=O)S. The fourth-order valence-corrected chi connectivity index (χ4v) is 1.54. The number of thiol groups is 1. The van der Waals surface area contributed by atoms with E-state index in [1.165, 1.54) is 25.7 Å². The summed E-state index contributed by atoms with van der Waals surface area (Å²) >= 11 is 8.38. The third kappa shape index (κ3) is 17.5. The number of ether oxygens (including phenoxy) is 1. The third-order valence-corrected chi connectivity index (χ3v) is 2.63. The normalized spacial score (nSPS) is 9.26. The molecule has 0 bridgehead atoms. The van der Waals surface area contributed by atoms with Crippen LogP contribution in [0.3, 0.4) is 0 Å². The molecule has 0 aliphatic heterocycles. The Morgan fingerprint density at radius 1 is 1.16 bits per heavy atom. The van der Waals surface area contributed by atoms with Crippen LogP contribution in [0.25, 0.3) is 0 Å². The lowest BCUT2D eigenvalue weighted by atomic mass is 10.3. The Morgan fingerprint density at radius 2 is 1.58 bits per heavy atom. The third-order valence-electron chi connectivity index (χ3n) is 2.25. The van der Waals surface area contributed by atoms with Gasteiger partial charge >= 0.3 is 0 Å². The van der Waals surface area contributed by atoms with Gasteiger partial charge < -0.3 is 15.4 Å². The topological polar surface area (TPSA) is 55.6 Å². The lowest BCUT2D eigenvalue weighted by Crippen LogP contribution is -2.33. The number of nitrogens with zero attached hydrogens (tertiary/aromatic N) is 1. The van der Waals surface area contributed by atoms with Gasteiger partial charge in [-0.3, -0.25) is 4.79 Å². The fraction of sp³-hybridized carbons (Fsp3) is 0.846. The van der Waals surface area contributed by atoms with Gasteiger partial charge in [0.15, 0.2) is 0 Å². The highest BCUT2D eigenvalue weighted by Crippen LogP contribution is 2.02. The highest BCUT2D eigenvalue weighted by atomic mass is 32.1. The molecule has 0 rings (SSSR count). The van der Waals surface area contributed by atoms with Gasteiger partial charge in [0.2, 0.25) is 0 Å². The van der Waals surface area contributed by atoms with E-state index in [-0.39, 0.29) is 0 Å². The van der Waals surface area contributed by atoms with Crippen molar-refractivity contribution >= 4 is 35.3 Å². The quantitative estimate of drug-likeness (QED) is 0.531. The Kier molecular flexibility index (Phi) is 17.1. The second-order valence-electron chi connectivity index (χ2n) is 4.15. The summed E-state index contributed by atoms with van der Waals surface area (Å²) in [5.74, 6) is 0. The number of thiocarbonyl (C=S) groups is 1. The minimum Gasteiger partial charge on any atom is -0.471 e. The first kappa shape index (κ1) is 20.8. The molecule has 0 saturated heterocycles. The smallest absolute Gasteiger partial charge is 0.273 e. The number of carbonyl (C=O) groups excluding carboxylic acids is 1. The predicted molar refractivity (Wildman–Crippen MR) is 88.8 cm³/mol. The van der Waals surface area contributed by atoms with Crippen LogP contribution in [-0.4, -0.2) is 35.0 Å². The summed E-state index contributed by atoms with van der Waals surface area (Å²) < 4.78 is 5.50. The van der Waals surface area contributed by atoms with Gasteiger partial charge in [0.05, 0.1) is 6.61 Å². The Morgan fingerprint density at radius 3 is 1.89 bits per heavy atom. The molecule has 19 heavy (non-hydrogen) atoms. The molecule has 0 unspecified atom stereocenters. The number of primary amides is 1. The molecule has 0 aliphatic rings. The lowest BCUT2D eigenvalue weighted by Gasteiger charge is -2.24. The van der Waals surface area contributed by atoms with Gasteiger partial charge in [0.25, 0.3) is 10.4 Å². The number of hydrogen-bond acceptors (Lipinski definition) is 3. The molecule has 0 heterocycles. The molecular formula is C13H28N2O2S2. The summed E-state index contributed by atoms with van der Waals surface area (Å²) in [6.07, 6.45) is 5.83. The second kappa shape index (κ2) is 15.6. The second-order valence-corrected chi connectivity index (χ2v) is 4.94. The van der Waals surface area contributed by atoms with E-state index in [9.17, 15) is 0 Å². The van der Waals surface area contributed by atoms with Crippen molar-refractivity contribution in [2.24, 2.45) is 5.73 Å². The first-order valence-corrected chi connectivity index (χ1v) is 7.75. The van der Waals surface area contributed by atoms with Crippen LogP contribution >= 0.6 is 24.8 Å². The van der Waals surface area contributed by atoms with Crippen molar-refractivity contribution in [3.05, 3.63) is 0 Å². The van der Waals surface area contributed by atoms with Crippen molar-refractivity contribution in [2.75, 3.05) is 19.7 Å². The lowest BCUT2D eigenvalue weighted by molar-refractivity contribution is 0.238. The molecule has 0 aromatic heterocycles. The number of carbonyl (C=O) groups is 1. The van der Waals surface area contributed by atoms with Crippen molar-refractivity contribution in [3.63, 3.8) is 0 Å². The zero-order valence-electron chi connectivity index (χ0n) is 12.4. The maximum Gasteiger partial charge on any atom is 0.273 e. The van der Waals surface area contributed by atoms with E-state index in [2.05, 4.69) is 44.0 Å². The van der Waals surface area contributed by atoms with Gasteiger partial charge in [-0.2, -0.15) is 0 Å². The van der Waals surface area contributed by atoms with E-state index in [4.69, 9.17) is 21.7 Å². The molecule has 2 N–H and O–H groups in total. The van der Waals surface area contributed by atoms with Crippen LogP contribution in [0, 0.1) is 0 Å². The van der Waals surface area contributed by atoms with Crippen molar-refractivity contribution in [1.29, 1.82) is 0 Å². The maximum absolute atomic E-state index is 9.09. The Bertz CT molecular complexity index is 227. The van der Waals surface area contributed by atoms with Crippen LogP contribution in [0.2, 0.25) is 0 Å². The fourth-order valence-electron chi connectivity index (χ4n) is 1.27. The molecule has 114 valence electrons. The van der Waals surface area contributed by atoms with Crippen LogP contribution < -0.4 is 5.73 Å². The van der Waals surface area contributed by atoms with Gasteiger partial charge in [-0.05, 0) is 31.5 Å². The summed E-state index contributed by atoms with van der Waals surface area (Å²) in [5.41, 5.74) is 4.34. The highest BCUT2D eigenvalue weighted by molar-refractivity contribution is 7.96. The monoisotopic (exact) mass is 308 g/mol. The van der Waals surface area contributed by atoms with E-state index in [0.29, 0.717) is 5.17 Å². The average Bonchev–Trinajstić information content (AvgIpc) is 2.35. The largest absolute Gasteiger partial charge is 0.471 e. The molecule has 0 radical (unpaired) electrons.